The summed E-state index contributed by atoms with van der Waals surface area (Å²) >= 11 is 1.53. The van der Waals surface area contributed by atoms with Crippen LogP contribution in [0.2, 0.25) is 0 Å². The molecule has 3 aliphatic rings. The number of nitrogens with zero attached hydrogens (tertiary/aromatic N) is 6. The number of hydrogen-bond donors (Lipinski definition) is 4. The summed E-state index contributed by atoms with van der Waals surface area (Å²) in [6, 6.07) is 7.21. The Balaban J connectivity index is 0.00000323. The summed E-state index contributed by atoms with van der Waals surface area (Å²) in [4.78, 5) is 33.8. The number of rotatable bonds is 6. The minimum Gasteiger partial charge on any atom is -0.393 e. The first-order chi connectivity index (χ1) is 18.9. The number of fused-ring (bicyclic) bond motifs is 1. The Kier molecular flexibility index (Phi) is 8.59. The van der Waals surface area contributed by atoms with Crippen LogP contribution in [0, 0.1) is 0 Å². The quantitative estimate of drug-likeness (QED) is 0.330. The van der Waals surface area contributed by atoms with Crippen molar-refractivity contribution in [2.75, 3.05) is 79.1 Å². The van der Waals surface area contributed by atoms with E-state index in [2.05, 4.69) is 15.2 Å². The SMILES string of the molecule is Cl.O=C(Nc1cc2sc(N3CCOCC3)nc2nc1N1CCC(O)(CO)CC1)c1cccc(N2CC[C@H](O)C2)n1. The molecule has 0 radical (unpaired) electrons. The van der Waals surface area contributed by atoms with Crippen LogP contribution in [-0.4, -0.2) is 107 Å². The van der Waals surface area contributed by atoms with E-state index in [1.807, 2.05) is 21.9 Å². The van der Waals surface area contributed by atoms with E-state index < -0.39 is 5.60 Å². The number of morpholine rings is 1. The van der Waals surface area contributed by atoms with Crippen LogP contribution < -0.4 is 20.0 Å². The van der Waals surface area contributed by atoms with E-state index >= 15 is 0 Å². The van der Waals surface area contributed by atoms with E-state index in [4.69, 9.17) is 14.7 Å². The zero-order valence-electron chi connectivity index (χ0n) is 22.0. The van der Waals surface area contributed by atoms with E-state index in [0.29, 0.717) is 81.6 Å². The molecule has 12 nitrogen and oxygen atoms in total. The van der Waals surface area contributed by atoms with Crippen molar-refractivity contribution in [3.05, 3.63) is 30.0 Å². The zero-order valence-corrected chi connectivity index (χ0v) is 23.7. The number of nitrogens with one attached hydrogen (secondary N) is 1. The smallest absolute Gasteiger partial charge is 0.274 e. The van der Waals surface area contributed by atoms with E-state index in [1.165, 1.54) is 11.3 Å². The minimum atomic E-state index is -1.11. The molecule has 0 spiro atoms. The predicted molar refractivity (Wildman–Crippen MR) is 156 cm³/mol. The fraction of sp³-hybridized carbons (Fsp3) is 0.538. The van der Waals surface area contributed by atoms with Crippen molar-refractivity contribution < 1.29 is 24.9 Å². The van der Waals surface area contributed by atoms with Gasteiger partial charge in [-0.15, -0.1) is 12.4 Å². The molecule has 14 heteroatoms. The Morgan fingerprint density at radius 3 is 2.55 bits per heavy atom. The first-order valence-corrected chi connectivity index (χ1v) is 14.2. The van der Waals surface area contributed by atoms with Crippen molar-refractivity contribution >= 4 is 62.5 Å². The molecule has 3 aromatic heterocycles. The molecule has 0 aromatic carbocycles. The third-order valence-electron chi connectivity index (χ3n) is 7.62. The van der Waals surface area contributed by atoms with Crippen molar-refractivity contribution in [3.63, 3.8) is 0 Å². The maximum absolute atomic E-state index is 13.4. The van der Waals surface area contributed by atoms with Crippen molar-refractivity contribution in [1.29, 1.82) is 0 Å². The van der Waals surface area contributed by atoms with Gasteiger partial charge in [-0.1, -0.05) is 17.4 Å². The Labute approximate surface area is 242 Å². The third-order valence-corrected chi connectivity index (χ3v) is 8.68. The van der Waals surface area contributed by atoms with Gasteiger partial charge in [0.2, 0.25) is 0 Å². The highest BCUT2D eigenvalue weighted by Crippen LogP contribution is 2.36. The number of aliphatic hydroxyl groups excluding tert-OH is 2. The third kappa shape index (κ3) is 5.94. The second-order valence-corrected chi connectivity index (χ2v) is 11.4. The molecule has 3 aromatic rings. The lowest BCUT2D eigenvalue weighted by molar-refractivity contribution is -0.0326. The number of thiazole rings is 1. The molecule has 6 rings (SSSR count). The first kappa shape index (κ1) is 28.7. The van der Waals surface area contributed by atoms with Crippen molar-refractivity contribution in [2.24, 2.45) is 0 Å². The van der Waals surface area contributed by atoms with E-state index in [1.54, 1.807) is 12.1 Å². The Morgan fingerprint density at radius 2 is 1.85 bits per heavy atom. The maximum Gasteiger partial charge on any atom is 0.274 e. The number of aliphatic hydroxyl groups is 3. The van der Waals surface area contributed by atoms with Gasteiger partial charge in [0.1, 0.15) is 11.5 Å². The lowest BCUT2D eigenvalue weighted by Crippen LogP contribution is -2.47. The number of β-amino-alcohol motifs (C(OH)–C–C–N with tert-alkyl or cyclic N) is 1. The second kappa shape index (κ2) is 12.0. The molecule has 216 valence electrons. The summed E-state index contributed by atoms with van der Waals surface area (Å²) in [5.41, 5.74) is 0.307. The topological polar surface area (TPSA) is 147 Å². The van der Waals surface area contributed by atoms with E-state index in [9.17, 15) is 20.1 Å². The molecule has 3 fully saturated rings. The van der Waals surface area contributed by atoms with Gasteiger partial charge in [-0.05, 0) is 37.5 Å². The van der Waals surface area contributed by atoms with Crippen LogP contribution >= 0.6 is 23.7 Å². The van der Waals surface area contributed by atoms with Crippen LogP contribution in [0.15, 0.2) is 24.3 Å². The average Bonchev–Trinajstić information content (AvgIpc) is 3.59. The van der Waals surface area contributed by atoms with Gasteiger partial charge in [0.25, 0.3) is 5.91 Å². The van der Waals surface area contributed by atoms with Gasteiger partial charge in [0.15, 0.2) is 16.6 Å². The fourth-order valence-corrected chi connectivity index (χ4v) is 6.22. The lowest BCUT2D eigenvalue weighted by Gasteiger charge is -2.38. The molecule has 1 atom stereocenters. The predicted octanol–water partition coefficient (Wildman–Crippen LogP) is 1.49. The van der Waals surface area contributed by atoms with Crippen molar-refractivity contribution in [1.82, 2.24) is 15.0 Å². The summed E-state index contributed by atoms with van der Waals surface area (Å²) in [6.07, 6.45) is 1.06. The van der Waals surface area contributed by atoms with Crippen molar-refractivity contribution in [2.45, 2.75) is 31.0 Å². The van der Waals surface area contributed by atoms with Crippen LogP contribution in [0.1, 0.15) is 29.8 Å². The molecule has 0 saturated carbocycles. The minimum absolute atomic E-state index is 0. The second-order valence-electron chi connectivity index (χ2n) is 10.4. The van der Waals surface area contributed by atoms with Crippen LogP contribution in [0.25, 0.3) is 10.3 Å². The maximum atomic E-state index is 13.4. The highest BCUT2D eigenvalue weighted by Gasteiger charge is 2.33. The highest BCUT2D eigenvalue weighted by atomic mass is 35.5. The standard InChI is InChI=1S/C26H33N7O5S.ClH/c34-16-26(37)5-8-31(9-6-26)23-19(14-20-22(29-23)30-25(39-20)32-10-12-38-13-11-32)28-24(36)18-2-1-3-21(27-18)33-7-4-17(35)15-33;/h1-3,14,17,34-35,37H,4-13,15-16H2,(H,28,36);1H/t17-;/m0./s1. The van der Waals surface area contributed by atoms with Gasteiger partial charge < -0.3 is 40.1 Å². The number of carbonyl (C=O) groups is 1. The molecule has 1 amide bonds. The van der Waals surface area contributed by atoms with Crippen LogP contribution in [0.5, 0.6) is 0 Å². The van der Waals surface area contributed by atoms with Gasteiger partial charge in [-0.3, -0.25) is 4.79 Å². The van der Waals surface area contributed by atoms with Crippen LogP contribution in [0.3, 0.4) is 0 Å². The normalized spacial score (nSPS) is 21.0. The summed E-state index contributed by atoms with van der Waals surface area (Å²) in [6.45, 7) is 4.68. The molecule has 0 unspecified atom stereocenters. The molecule has 0 aliphatic carbocycles. The first-order valence-electron chi connectivity index (χ1n) is 13.3. The molecule has 3 saturated heterocycles. The van der Waals surface area contributed by atoms with Crippen LogP contribution in [-0.2, 0) is 4.74 Å². The number of carbonyl (C=O) groups excluding carboxylic acids is 1. The Morgan fingerprint density at radius 1 is 1.07 bits per heavy atom. The zero-order chi connectivity index (χ0) is 27.0. The molecular weight excluding hydrogens is 558 g/mol. The average molecular weight is 592 g/mol. The number of ether oxygens (including phenoxy) is 1. The monoisotopic (exact) mass is 591 g/mol. The number of piperidine rings is 1. The molecule has 0 bridgehead atoms. The molecular formula is C26H34ClN7O5S. The lowest BCUT2D eigenvalue weighted by atomic mass is 9.92. The number of pyridine rings is 2. The Bertz CT molecular complexity index is 1350. The summed E-state index contributed by atoms with van der Waals surface area (Å²) in [7, 11) is 0. The fourth-order valence-electron chi connectivity index (χ4n) is 5.22. The summed E-state index contributed by atoms with van der Waals surface area (Å²) in [5, 5.41) is 33.9. The van der Waals surface area contributed by atoms with Crippen LogP contribution in [0.4, 0.5) is 22.5 Å². The van der Waals surface area contributed by atoms with E-state index in [-0.39, 0.29) is 36.7 Å². The summed E-state index contributed by atoms with van der Waals surface area (Å²) < 4.78 is 6.33. The van der Waals surface area contributed by atoms with Gasteiger partial charge in [-0.25, -0.2) is 9.97 Å². The summed E-state index contributed by atoms with van der Waals surface area (Å²) in [5.74, 6) is 0.874. The largest absolute Gasteiger partial charge is 0.393 e. The molecule has 3 aliphatic heterocycles. The molecule has 40 heavy (non-hydrogen) atoms. The van der Waals surface area contributed by atoms with Gasteiger partial charge in [0, 0.05) is 39.3 Å². The van der Waals surface area contributed by atoms with Gasteiger partial charge in [-0.2, -0.15) is 4.98 Å². The number of amides is 1. The highest BCUT2D eigenvalue weighted by molar-refractivity contribution is 7.22. The number of anilines is 4. The Hall–Kier alpha value is -2.81. The molecule has 4 N–H and O–H groups in total. The van der Waals surface area contributed by atoms with Gasteiger partial charge in [0.05, 0.1) is 41.9 Å². The molecule has 6 heterocycles. The number of hydrogen-bond acceptors (Lipinski definition) is 12. The van der Waals surface area contributed by atoms with Crippen molar-refractivity contribution in [3.8, 4) is 0 Å². The number of halogens is 1. The number of aromatic nitrogens is 3. The van der Waals surface area contributed by atoms with Gasteiger partial charge >= 0.3 is 0 Å². The van der Waals surface area contributed by atoms with E-state index in [0.717, 1.165) is 22.9 Å².